The third-order valence-corrected chi connectivity index (χ3v) is 8.63. The highest BCUT2D eigenvalue weighted by Crippen LogP contribution is 2.42. The summed E-state index contributed by atoms with van der Waals surface area (Å²) >= 11 is 0. The first-order valence-corrected chi connectivity index (χ1v) is 17.4. The highest BCUT2D eigenvalue weighted by molar-refractivity contribution is 7.46. The number of carbonyl (C=O) groups is 2. The van der Waals surface area contributed by atoms with E-state index >= 15 is 0 Å². The normalized spacial score (nSPS) is 25.8. The fourth-order valence-electron chi connectivity index (χ4n) is 5.53. The van der Waals surface area contributed by atoms with Gasteiger partial charge in [-0.25, -0.2) is 9.36 Å². The molecular formula is C32H52NO10P. The molecule has 12 heteroatoms. The van der Waals surface area contributed by atoms with E-state index in [1.807, 2.05) is 13.0 Å². The van der Waals surface area contributed by atoms with Crippen LogP contribution in [0.2, 0.25) is 0 Å². The van der Waals surface area contributed by atoms with E-state index in [1.54, 1.807) is 18.2 Å². The van der Waals surface area contributed by atoms with Crippen molar-refractivity contribution in [1.82, 2.24) is 5.32 Å². The molecule has 2 aliphatic rings. The van der Waals surface area contributed by atoms with E-state index < -0.39 is 37.7 Å². The lowest BCUT2D eigenvalue weighted by molar-refractivity contribution is -0.143. The monoisotopic (exact) mass is 641 g/mol. The Kier molecular flexibility index (Phi) is 16.8. The molecule has 1 heterocycles. The smallest absolute Gasteiger partial charge is 0.454 e. The van der Waals surface area contributed by atoms with Crippen molar-refractivity contribution in [3.63, 3.8) is 0 Å². The molecule has 0 spiro atoms. The Bertz CT molecular complexity index is 1050. The number of phosphoric ester groups is 1. The minimum absolute atomic E-state index is 0.0298. The maximum atomic E-state index is 12.4. The predicted octanol–water partition coefficient (Wildman–Crippen LogP) is 4.15. The Morgan fingerprint density at radius 2 is 1.98 bits per heavy atom. The highest BCUT2D eigenvalue weighted by atomic mass is 31.2. The number of ether oxygens (including phenoxy) is 1. The molecule has 11 nitrogen and oxygen atoms in total. The number of carbonyl (C=O) groups excluding carboxylic acids is 2. The number of phosphoric acid groups is 1. The molecule has 1 fully saturated rings. The summed E-state index contributed by atoms with van der Waals surface area (Å²) in [4.78, 5) is 43.7. The number of aliphatic hydroxyl groups excluding tert-OH is 2. The lowest BCUT2D eigenvalue weighted by atomic mass is 9.86. The molecule has 1 saturated carbocycles. The molecular weight excluding hydrogens is 589 g/mol. The first-order valence-electron chi connectivity index (χ1n) is 15.9. The van der Waals surface area contributed by atoms with E-state index in [0.717, 1.165) is 44.9 Å². The van der Waals surface area contributed by atoms with Crippen molar-refractivity contribution in [2.45, 2.75) is 121 Å². The first-order chi connectivity index (χ1) is 20.8. The van der Waals surface area contributed by atoms with E-state index in [4.69, 9.17) is 9.26 Å². The van der Waals surface area contributed by atoms with Crippen LogP contribution in [0.1, 0.15) is 90.9 Å². The number of cyclic esters (lactones) is 1. The molecule has 6 N–H and O–H groups in total. The third kappa shape index (κ3) is 14.8. The molecule has 0 saturated heterocycles. The lowest BCUT2D eigenvalue weighted by Crippen LogP contribution is -2.46. The summed E-state index contributed by atoms with van der Waals surface area (Å²) in [6, 6.07) is 0. The van der Waals surface area contributed by atoms with Gasteiger partial charge in [-0.3, -0.25) is 9.32 Å². The molecule has 1 aliphatic heterocycles. The van der Waals surface area contributed by atoms with Crippen LogP contribution in [0.25, 0.3) is 0 Å². The van der Waals surface area contributed by atoms with E-state index in [-0.39, 0.29) is 43.2 Å². The maximum Gasteiger partial charge on any atom is 0.469 e. The van der Waals surface area contributed by atoms with Crippen molar-refractivity contribution in [3.05, 3.63) is 48.6 Å². The number of hydrogen-bond acceptors (Lipinski definition) is 8. The Balaban J connectivity index is 2.22. The van der Waals surface area contributed by atoms with Crippen LogP contribution in [-0.4, -0.2) is 73.5 Å². The van der Waals surface area contributed by atoms with E-state index in [9.17, 15) is 39.3 Å². The molecule has 0 radical (unpaired) electrons. The van der Waals surface area contributed by atoms with Crippen molar-refractivity contribution >= 4 is 19.7 Å². The Hall–Kier alpha value is -2.11. The zero-order chi connectivity index (χ0) is 32.6. The summed E-state index contributed by atoms with van der Waals surface area (Å²) in [5.41, 5.74) is -2.06. The predicted molar refractivity (Wildman–Crippen MR) is 167 cm³/mol. The minimum Gasteiger partial charge on any atom is -0.454 e. The van der Waals surface area contributed by atoms with E-state index in [1.165, 1.54) is 24.3 Å². The summed E-state index contributed by atoms with van der Waals surface area (Å²) < 4.78 is 22.4. The van der Waals surface area contributed by atoms with Gasteiger partial charge in [-0.1, -0.05) is 76.0 Å². The number of nitrogens with one attached hydrogen (secondary N) is 1. The molecule has 0 bridgehead atoms. The molecule has 7 atom stereocenters. The number of amides is 1. The van der Waals surface area contributed by atoms with Gasteiger partial charge in [0.05, 0.1) is 12.2 Å². The fourth-order valence-corrected chi connectivity index (χ4v) is 6.13. The number of allylic oxidation sites excluding steroid dienone is 3. The molecule has 0 aromatic rings. The molecule has 0 aromatic heterocycles. The minimum atomic E-state index is -5.14. The average Bonchev–Trinajstić information content (AvgIpc) is 2.95. The lowest BCUT2D eigenvalue weighted by Gasteiger charge is -2.35. The molecule has 44 heavy (non-hydrogen) atoms. The quantitative estimate of drug-likeness (QED) is 0.0394. The van der Waals surface area contributed by atoms with Crippen molar-refractivity contribution in [3.8, 4) is 0 Å². The van der Waals surface area contributed by atoms with Crippen LogP contribution in [0.15, 0.2) is 48.6 Å². The first kappa shape index (κ1) is 38.1. The summed E-state index contributed by atoms with van der Waals surface area (Å²) in [7, 11) is -5.14. The summed E-state index contributed by atoms with van der Waals surface area (Å²) in [5, 5.41) is 35.2. The zero-order valence-corrected chi connectivity index (χ0v) is 26.9. The molecule has 2 rings (SSSR count). The van der Waals surface area contributed by atoms with Crippen LogP contribution in [-0.2, 0) is 23.4 Å². The van der Waals surface area contributed by atoms with Gasteiger partial charge >= 0.3 is 13.8 Å². The highest BCUT2D eigenvalue weighted by Gasteiger charge is 2.41. The zero-order valence-electron chi connectivity index (χ0n) is 26.0. The van der Waals surface area contributed by atoms with Crippen molar-refractivity contribution in [1.29, 1.82) is 0 Å². The van der Waals surface area contributed by atoms with Crippen LogP contribution in [0.3, 0.4) is 0 Å². The Morgan fingerprint density at radius 3 is 2.66 bits per heavy atom. The van der Waals surface area contributed by atoms with Crippen LogP contribution in [0.5, 0.6) is 0 Å². The van der Waals surface area contributed by atoms with Gasteiger partial charge in [-0.05, 0) is 50.5 Å². The molecule has 0 unspecified atom stereocenters. The fraction of sp³-hybridized carbons (Fsp3) is 0.688. The van der Waals surface area contributed by atoms with Gasteiger partial charge < -0.3 is 35.2 Å². The molecule has 250 valence electrons. The van der Waals surface area contributed by atoms with Crippen LogP contribution < -0.4 is 5.32 Å². The van der Waals surface area contributed by atoms with Gasteiger partial charge in [0.25, 0.3) is 0 Å². The van der Waals surface area contributed by atoms with Gasteiger partial charge in [0.15, 0.2) is 0 Å². The second kappa shape index (κ2) is 19.4. The SMILES string of the molecule is CCCCCCC(=O)NCC[C@@](O)(/C=C/[C@@H]1OC(=O)C=C[C@@H]1CC)[C@@H](C[C@@H](O)/C=C\C=C/[C@@H]1CCC[C@H](O)C1)OP(=O)(O)O. The topological polar surface area (TPSA) is 183 Å². The number of hydrogen-bond donors (Lipinski definition) is 6. The van der Waals surface area contributed by atoms with Gasteiger partial charge in [0.1, 0.15) is 17.8 Å². The van der Waals surface area contributed by atoms with Crippen LogP contribution in [0, 0.1) is 11.8 Å². The standard InChI is InChI=1S/C32H52NO10P/c1-3-5-6-7-15-30(36)33-21-20-32(38,19-18-28-25(4-2)16-17-31(37)42-28)29(43-44(39,40)41)23-27(35)13-9-8-11-24-12-10-14-26(34)22-24/h8-9,11,13,16-19,24-29,34-35,38H,3-7,10,12,14-15,20-23H2,1-2H3,(H,33,36)(H2,39,40,41)/b11-8-,13-9-,19-18+/t24-,25+,26+,27+,28+,29-,32+/m1/s1. The average molecular weight is 642 g/mol. The maximum absolute atomic E-state index is 12.4. The Labute approximate surface area is 261 Å². The van der Waals surface area contributed by atoms with E-state index in [0.29, 0.717) is 19.3 Å². The van der Waals surface area contributed by atoms with Gasteiger partial charge in [0, 0.05) is 31.4 Å². The number of unbranched alkanes of at least 4 members (excludes halogenated alkanes) is 3. The molecule has 0 aromatic carbocycles. The van der Waals surface area contributed by atoms with Gasteiger partial charge in [-0.15, -0.1) is 0 Å². The van der Waals surface area contributed by atoms with Crippen LogP contribution in [0.4, 0.5) is 0 Å². The second-order valence-electron chi connectivity index (χ2n) is 11.8. The van der Waals surface area contributed by atoms with E-state index in [2.05, 4.69) is 12.2 Å². The summed E-state index contributed by atoms with van der Waals surface area (Å²) in [5.74, 6) is -0.720. The van der Waals surface area contributed by atoms with Gasteiger partial charge in [0.2, 0.25) is 5.91 Å². The second-order valence-corrected chi connectivity index (χ2v) is 13.0. The van der Waals surface area contributed by atoms with Crippen molar-refractivity contribution < 1.29 is 48.5 Å². The molecule has 1 amide bonds. The van der Waals surface area contributed by atoms with Gasteiger partial charge in [-0.2, -0.15) is 0 Å². The molecule has 1 aliphatic carbocycles. The third-order valence-electron chi connectivity index (χ3n) is 8.10. The Morgan fingerprint density at radius 1 is 1.20 bits per heavy atom. The largest absolute Gasteiger partial charge is 0.469 e. The van der Waals surface area contributed by atoms with Crippen LogP contribution >= 0.6 is 7.82 Å². The number of esters is 1. The number of aliphatic hydroxyl groups is 3. The van der Waals surface area contributed by atoms with Crippen molar-refractivity contribution in [2.24, 2.45) is 11.8 Å². The van der Waals surface area contributed by atoms with Crippen molar-refractivity contribution in [2.75, 3.05) is 6.54 Å². The number of rotatable bonds is 19. The summed E-state index contributed by atoms with van der Waals surface area (Å²) in [6.07, 6.45) is 16.0. The summed E-state index contributed by atoms with van der Waals surface area (Å²) in [6.45, 7) is 3.95.